The maximum absolute atomic E-state index is 13.8. The van der Waals surface area contributed by atoms with Gasteiger partial charge in [0.05, 0.1) is 11.4 Å². The molecule has 0 saturated carbocycles. The quantitative estimate of drug-likeness (QED) is 0.557. The van der Waals surface area contributed by atoms with Gasteiger partial charge in [-0.25, -0.2) is 8.42 Å². The van der Waals surface area contributed by atoms with E-state index < -0.39 is 20.5 Å². The molecule has 1 heterocycles. The summed E-state index contributed by atoms with van der Waals surface area (Å²) in [5.41, 5.74) is 3.30. The maximum atomic E-state index is 13.8. The number of carbonyl (C=O) groups excluding carboxylic acids is 1. The number of hydrogen-bond acceptors (Lipinski definition) is 3. The predicted octanol–water partition coefficient (Wildman–Crippen LogP) is 4.83. The Morgan fingerprint density at radius 3 is 2.00 bits per heavy atom. The molecular weight excluding hydrogens is 394 g/mol. The minimum absolute atomic E-state index is 0.0904. The van der Waals surface area contributed by atoms with Crippen LogP contribution < -0.4 is 4.90 Å². The average molecular weight is 420 g/mol. The highest BCUT2D eigenvalue weighted by Gasteiger charge is 2.63. The van der Waals surface area contributed by atoms with Gasteiger partial charge in [-0.1, -0.05) is 74.0 Å². The number of carbonyl (C=O) groups is 1. The smallest absolute Gasteiger partial charge is 0.255 e. The molecule has 3 aromatic rings. The van der Waals surface area contributed by atoms with E-state index in [1.807, 2.05) is 49.4 Å². The van der Waals surface area contributed by atoms with Gasteiger partial charge in [0.25, 0.3) is 5.91 Å². The van der Waals surface area contributed by atoms with Gasteiger partial charge in [0.2, 0.25) is 0 Å². The molecule has 154 valence electrons. The van der Waals surface area contributed by atoms with Crippen LogP contribution in [0.4, 0.5) is 5.69 Å². The van der Waals surface area contributed by atoms with Crippen molar-refractivity contribution < 1.29 is 13.2 Å². The summed E-state index contributed by atoms with van der Waals surface area (Å²) in [6.07, 6.45) is 0. The molecule has 4 rings (SSSR count). The van der Waals surface area contributed by atoms with Crippen LogP contribution in [-0.2, 0) is 19.4 Å². The number of para-hydroxylation sites is 1. The fourth-order valence-electron chi connectivity index (χ4n) is 3.93. The molecule has 0 spiro atoms. The molecule has 0 radical (unpaired) electrons. The lowest BCUT2D eigenvalue weighted by atomic mass is 9.87. The first-order chi connectivity index (χ1) is 14.3. The predicted molar refractivity (Wildman–Crippen MR) is 119 cm³/mol. The molecule has 0 N–H and O–H groups in total. The Bertz CT molecular complexity index is 1170. The van der Waals surface area contributed by atoms with E-state index in [-0.39, 0.29) is 11.4 Å². The number of β-lactam (4-membered cyclic amide) rings is 1. The molecule has 1 atom stereocenters. The average Bonchev–Trinajstić information content (AvgIpc) is 2.74. The van der Waals surface area contributed by atoms with Crippen molar-refractivity contribution in [2.45, 2.75) is 36.3 Å². The van der Waals surface area contributed by atoms with Gasteiger partial charge in [0.1, 0.15) is 0 Å². The van der Waals surface area contributed by atoms with Crippen LogP contribution in [0.25, 0.3) is 0 Å². The number of sulfone groups is 1. The molecule has 1 amide bonds. The SMILES string of the molecule is Cc1ccc(S(=O)(=O)[C@]2(c3ccc(C(C)C)cc3)CN(c3ccccc3)C2=O)cc1. The van der Waals surface area contributed by atoms with Crippen LogP contribution in [0.1, 0.15) is 36.5 Å². The molecule has 1 aliphatic rings. The van der Waals surface area contributed by atoms with Gasteiger partial charge in [0.15, 0.2) is 14.6 Å². The van der Waals surface area contributed by atoms with Gasteiger partial charge in [-0.3, -0.25) is 4.79 Å². The molecule has 1 aliphatic heterocycles. The van der Waals surface area contributed by atoms with E-state index in [0.717, 1.165) is 11.1 Å². The van der Waals surface area contributed by atoms with Gasteiger partial charge >= 0.3 is 0 Å². The standard InChI is InChI=1S/C25H25NO3S/c1-18(2)20-11-13-21(14-12-20)25(30(28,29)23-15-9-19(3)10-16-23)17-26(24(25)27)22-7-5-4-6-8-22/h4-16,18H,17H2,1-3H3/t25-/m0/s1. The van der Waals surface area contributed by atoms with Crippen molar-refractivity contribution in [2.75, 3.05) is 11.4 Å². The summed E-state index contributed by atoms with van der Waals surface area (Å²) in [7, 11) is -3.95. The second-order valence-corrected chi connectivity index (χ2v) is 10.3. The summed E-state index contributed by atoms with van der Waals surface area (Å²) in [5.74, 6) is -0.0896. The van der Waals surface area contributed by atoms with Crippen LogP contribution in [0.15, 0.2) is 83.8 Å². The largest absolute Gasteiger partial charge is 0.308 e. The zero-order valence-corrected chi connectivity index (χ0v) is 18.2. The van der Waals surface area contributed by atoms with Gasteiger partial charge < -0.3 is 4.90 Å². The lowest BCUT2D eigenvalue weighted by molar-refractivity contribution is -0.125. The second-order valence-electron chi connectivity index (χ2n) is 8.15. The van der Waals surface area contributed by atoms with Crippen molar-refractivity contribution in [3.63, 3.8) is 0 Å². The fraction of sp³-hybridized carbons (Fsp3) is 0.240. The van der Waals surface area contributed by atoms with Crippen LogP contribution in [0.3, 0.4) is 0 Å². The third-order valence-corrected chi connectivity index (χ3v) is 8.22. The van der Waals surface area contributed by atoms with Crippen molar-refractivity contribution >= 4 is 21.4 Å². The maximum Gasteiger partial charge on any atom is 0.255 e. The first kappa shape index (κ1) is 20.4. The molecule has 0 aliphatic carbocycles. The van der Waals surface area contributed by atoms with Gasteiger partial charge in [-0.15, -0.1) is 0 Å². The lowest BCUT2D eigenvalue weighted by Gasteiger charge is -2.48. The first-order valence-corrected chi connectivity index (χ1v) is 11.5. The zero-order chi connectivity index (χ0) is 21.5. The van der Waals surface area contributed by atoms with Gasteiger partial charge in [0, 0.05) is 5.69 Å². The second kappa shape index (κ2) is 7.40. The van der Waals surface area contributed by atoms with E-state index in [2.05, 4.69) is 13.8 Å². The lowest BCUT2D eigenvalue weighted by Crippen LogP contribution is -2.68. The molecule has 3 aromatic carbocycles. The van der Waals surface area contributed by atoms with E-state index >= 15 is 0 Å². The Hall–Kier alpha value is -2.92. The number of nitrogens with zero attached hydrogens (tertiary/aromatic N) is 1. The molecular formula is C25H25NO3S. The van der Waals surface area contributed by atoms with E-state index in [4.69, 9.17) is 0 Å². The molecule has 30 heavy (non-hydrogen) atoms. The van der Waals surface area contributed by atoms with Crippen LogP contribution in [0.2, 0.25) is 0 Å². The Kier molecular flexibility index (Phi) is 5.02. The minimum Gasteiger partial charge on any atom is -0.308 e. The number of hydrogen-bond donors (Lipinski definition) is 0. The molecule has 0 aromatic heterocycles. The van der Waals surface area contributed by atoms with Gasteiger partial charge in [-0.05, 0) is 48.2 Å². The number of amides is 1. The number of benzene rings is 3. The molecule has 1 fully saturated rings. The first-order valence-electron chi connectivity index (χ1n) is 10.1. The molecule has 0 unspecified atom stereocenters. The van der Waals surface area contributed by atoms with Crippen molar-refractivity contribution in [1.82, 2.24) is 0 Å². The Morgan fingerprint density at radius 1 is 0.867 bits per heavy atom. The van der Waals surface area contributed by atoms with Crippen molar-refractivity contribution in [2.24, 2.45) is 0 Å². The molecule has 5 heteroatoms. The van der Waals surface area contributed by atoms with E-state index in [1.54, 1.807) is 41.3 Å². The monoisotopic (exact) mass is 419 g/mol. The summed E-state index contributed by atoms with van der Waals surface area (Å²) >= 11 is 0. The normalized spacial score (nSPS) is 19.1. The van der Waals surface area contributed by atoms with Gasteiger partial charge in [-0.2, -0.15) is 0 Å². The minimum atomic E-state index is -3.95. The third kappa shape index (κ3) is 3.05. The number of rotatable bonds is 5. The molecule has 0 bridgehead atoms. The Labute approximate surface area is 178 Å². The van der Waals surface area contributed by atoms with Crippen LogP contribution >= 0.6 is 0 Å². The summed E-state index contributed by atoms with van der Waals surface area (Å²) in [6.45, 7) is 6.16. The van der Waals surface area contributed by atoms with Crippen LogP contribution in [0, 0.1) is 6.92 Å². The topological polar surface area (TPSA) is 54.5 Å². The van der Waals surface area contributed by atoms with E-state index in [9.17, 15) is 13.2 Å². The van der Waals surface area contributed by atoms with Crippen molar-refractivity contribution in [3.8, 4) is 0 Å². The fourth-order valence-corrected chi connectivity index (χ4v) is 5.91. The summed E-state index contributed by atoms with van der Waals surface area (Å²) in [4.78, 5) is 15.2. The van der Waals surface area contributed by atoms with E-state index in [1.165, 1.54) is 0 Å². The number of aryl methyl sites for hydroxylation is 1. The number of anilines is 1. The zero-order valence-electron chi connectivity index (χ0n) is 17.4. The van der Waals surface area contributed by atoms with Crippen LogP contribution in [-0.4, -0.2) is 20.9 Å². The Morgan fingerprint density at radius 2 is 1.47 bits per heavy atom. The Balaban J connectivity index is 1.84. The van der Waals surface area contributed by atoms with E-state index in [0.29, 0.717) is 17.2 Å². The summed E-state index contributed by atoms with van der Waals surface area (Å²) in [6, 6.07) is 23.3. The highest BCUT2D eigenvalue weighted by atomic mass is 32.2. The summed E-state index contributed by atoms with van der Waals surface area (Å²) < 4.78 is 26.0. The van der Waals surface area contributed by atoms with Crippen molar-refractivity contribution in [3.05, 3.63) is 95.6 Å². The highest BCUT2D eigenvalue weighted by Crippen LogP contribution is 2.46. The molecule has 1 saturated heterocycles. The van der Waals surface area contributed by atoms with Crippen LogP contribution in [0.5, 0.6) is 0 Å². The highest BCUT2D eigenvalue weighted by molar-refractivity contribution is 7.93. The molecule has 4 nitrogen and oxygen atoms in total. The van der Waals surface area contributed by atoms with Crippen molar-refractivity contribution in [1.29, 1.82) is 0 Å². The third-order valence-electron chi connectivity index (χ3n) is 5.87. The summed E-state index contributed by atoms with van der Waals surface area (Å²) in [5, 5.41) is 0.